The van der Waals surface area contributed by atoms with Gasteiger partial charge in [0, 0.05) is 13.1 Å². The van der Waals surface area contributed by atoms with Gasteiger partial charge in [0.2, 0.25) is 0 Å². The summed E-state index contributed by atoms with van der Waals surface area (Å²) >= 11 is 6.08. The Morgan fingerprint density at radius 2 is 2.28 bits per heavy atom. The van der Waals surface area contributed by atoms with Crippen LogP contribution in [0.15, 0.2) is 24.3 Å². The molecule has 0 radical (unpaired) electrons. The van der Waals surface area contributed by atoms with Gasteiger partial charge < -0.3 is 10.2 Å². The Bertz CT molecular complexity index is 420. The Morgan fingerprint density at radius 1 is 1.50 bits per heavy atom. The smallest absolute Gasteiger partial charge is 0.255 e. The molecule has 1 aliphatic rings. The standard InChI is InChI=1S/C14H19ClN2O/c1-16-9-11-5-4-8-17(10-11)14(18)12-6-2-3-7-13(12)15/h2-3,6-7,11,16H,4-5,8-10H2,1H3. The van der Waals surface area contributed by atoms with Gasteiger partial charge in [0.25, 0.3) is 5.91 Å². The van der Waals surface area contributed by atoms with Crippen LogP contribution >= 0.6 is 11.6 Å². The molecular formula is C14H19ClN2O. The third-order valence-corrected chi connectivity index (χ3v) is 3.73. The van der Waals surface area contributed by atoms with E-state index < -0.39 is 0 Å². The molecular weight excluding hydrogens is 248 g/mol. The number of nitrogens with one attached hydrogen (secondary N) is 1. The van der Waals surface area contributed by atoms with Crippen molar-refractivity contribution >= 4 is 17.5 Å². The molecule has 0 bridgehead atoms. The van der Waals surface area contributed by atoms with Gasteiger partial charge in [-0.15, -0.1) is 0 Å². The van der Waals surface area contributed by atoms with Crippen LogP contribution in [0.2, 0.25) is 5.02 Å². The van der Waals surface area contributed by atoms with Crippen LogP contribution in [0.3, 0.4) is 0 Å². The summed E-state index contributed by atoms with van der Waals surface area (Å²) in [5.41, 5.74) is 0.615. The summed E-state index contributed by atoms with van der Waals surface area (Å²) < 4.78 is 0. The molecule has 1 unspecified atom stereocenters. The number of piperidine rings is 1. The lowest BCUT2D eigenvalue weighted by atomic mass is 9.97. The molecule has 1 saturated heterocycles. The Kier molecular flexibility index (Phi) is 4.61. The van der Waals surface area contributed by atoms with Crippen LogP contribution in [0, 0.1) is 5.92 Å². The van der Waals surface area contributed by atoms with E-state index in [4.69, 9.17) is 11.6 Å². The van der Waals surface area contributed by atoms with Crippen LogP contribution in [0.4, 0.5) is 0 Å². The number of benzene rings is 1. The highest BCUT2D eigenvalue weighted by atomic mass is 35.5. The maximum atomic E-state index is 12.4. The van der Waals surface area contributed by atoms with Gasteiger partial charge in [0.05, 0.1) is 10.6 Å². The molecule has 98 valence electrons. The van der Waals surface area contributed by atoms with Crippen molar-refractivity contribution in [2.75, 3.05) is 26.7 Å². The minimum atomic E-state index is 0.0569. The average molecular weight is 267 g/mol. The van der Waals surface area contributed by atoms with Crippen molar-refractivity contribution < 1.29 is 4.79 Å². The number of hydrogen-bond acceptors (Lipinski definition) is 2. The molecule has 0 spiro atoms. The minimum Gasteiger partial charge on any atom is -0.338 e. The van der Waals surface area contributed by atoms with Gasteiger partial charge in [0.15, 0.2) is 0 Å². The molecule has 1 fully saturated rings. The first-order chi connectivity index (χ1) is 8.72. The van der Waals surface area contributed by atoms with Crippen LogP contribution in [-0.4, -0.2) is 37.5 Å². The summed E-state index contributed by atoms with van der Waals surface area (Å²) in [6.45, 7) is 2.63. The van der Waals surface area contributed by atoms with E-state index in [-0.39, 0.29) is 5.91 Å². The Hall–Kier alpha value is -1.06. The first kappa shape index (κ1) is 13.4. The molecule has 1 aromatic carbocycles. The van der Waals surface area contributed by atoms with Gasteiger partial charge >= 0.3 is 0 Å². The van der Waals surface area contributed by atoms with E-state index in [9.17, 15) is 4.79 Å². The van der Waals surface area contributed by atoms with Crippen molar-refractivity contribution in [1.29, 1.82) is 0 Å². The van der Waals surface area contributed by atoms with Crippen molar-refractivity contribution in [1.82, 2.24) is 10.2 Å². The van der Waals surface area contributed by atoms with Gasteiger partial charge in [-0.3, -0.25) is 4.79 Å². The SMILES string of the molecule is CNCC1CCCN(C(=O)c2ccccc2Cl)C1. The van der Waals surface area contributed by atoms with E-state index in [2.05, 4.69) is 5.32 Å². The van der Waals surface area contributed by atoms with E-state index in [1.807, 2.05) is 24.1 Å². The Labute approximate surface area is 113 Å². The quantitative estimate of drug-likeness (QED) is 0.911. The minimum absolute atomic E-state index is 0.0569. The normalized spacial score (nSPS) is 19.9. The molecule has 1 heterocycles. The highest BCUT2D eigenvalue weighted by Crippen LogP contribution is 2.21. The van der Waals surface area contributed by atoms with E-state index in [1.54, 1.807) is 12.1 Å². The number of nitrogens with zero attached hydrogens (tertiary/aromatic N) is 1. The molecule has 4 heteroatoms. The number of halogens is 1. The van der Waals surface area contributed by atoms with Crippen LogP contribution < -0.4 is 5.32 Å². The summed E-state index contributed by atoms with van der Waals surface area (Å²) in [5, 5.41) is 3.72. The molecule has 0 aromatic heterocycles. The van der Waals surface area contributed by atoms with Crippen molar-refractivity contribution in [3.63, 3.8) is 0 Å². The third kappa shape index (κ3) is 3.03. The number of rotatable bonds is 3. The Balaban J connectivity index is 2.07. The lowest BCUT2D eigenvalue weighted by Gasteiger charge is -2.33. The zero-order valence-electron chi connectivity index (χ0n) is 10.7. The summed E-state index contributed by atoms with van der Waals surface area (Å²) in [6, 6.07) is 7.27. The second-order valence-corrected chi connectivity index (χ2v) is 5.20. The van der Waals surface area contributed by atoms with Gasteiger partial charge in [-0.05, 0) is 44.5 Å². The third-order valence-electron chi connectivity index (χ3n) is 3.40. The van der Waals surface area contributed by atoms with Crippen LogP contribution in [0.25, 0.3) is 0 Å². The molecule has 18 heavy (non-hydrogen) atoms. The van der Waals surface area contributed by atoms with Crippen LogP contribution in [0.1, 0.15) is 23.2 Å². The maximum Gasteiger partial charge on any atom is 0.255 e. The van der Waals surface area contributed by atoms with Crippen LogP contribution in [-0.2, 0) is 0 Å². The largest absolute Gasteiger partial charge is 0.338 e. The van der Waals surface area contributed by atoms with Gasteiger partial charge in [0.1, 0.15) is 0 Å². The predicted molar refractivity (Wildman–Crippen MR) is 74.0 cm³/mol. The number of carbonyl (C=O) groups is 1. The topological polar surface area (TPSA) is 32.3 Å². The van der Waals surface area contributed by atoms with Gasteiger partial charge in [-0.2, -0.15) is 0 Å². The van der Waals surface area contributed by atoms with E-state index in [0.29, 0.717) is 16.5 Å². The number of carbonyl (C=O) groups excluding carboxylic acids is 1. The monoisotopic (exact) mass is 266 g/mol. The number of hydrogen-bond donors (Lipinski definition) is 1. The van der Waals surface area contributed by atoms with E-state index in [0.717, 1.165) is 26.1 Å². The van der Waals surface area contributed by atoms with Crippen molar-refractivity contribution in [2.45, 2.75) is 12.8 Å². The molecule has 3 nitrogen and oxygen atoms in total. The van der Waals surface area contributed by atoms with E-state index >= 15 is 0 Å². The molecule has 0 aliphatic carbocycles. The summed E-state index contributed by atoms with van der Waals surface area (Å²) in [7, 11) is 1.95. The number of amides is 1. The van der Waals surface area contributed by atoms with Crippen molar-refractivity contribution in [3.8, 4) is 0 Å². The predicted octanol–water partition coefficient (Wildman–Crippen LogP) is 2.41. The maximum absolute atomic E-state index is 12.4. The van der Waals surface area contributed by atoms with E-state index in [1.165, 1.54) is 6.42 Å². The highest BCUT2D eigenvalue weighted by Gasteiger charge is 2.24. The second-order valence-electron chi connectivity index (χ2n) is 4.80. The fourth-order valence-corrected chi connectivity index (χ4v) is 2.73. The zero-order valence-corrected chi connectivity index (χ0v) is 11.4. The molecule has 1 N–H and O–H groups in total. The first-order valence-corrected chi connectivity index (χ1v) is 6.78. The van der Waals surface area contributed by atoms with Crippen molar-refractivity contribution in [2.24, 2.45) is 5.92 Å². The molecule has 1 aromatic rings. The fraction of sp³-hybridized carbons (Fsp3) is 0.500. The van der Waals surface area contributed by atoms with Gasteiger partial charge in [-0.1, -0.05) is 23.7 Å². The summed E-state index contributed by atoms with van der Waals surface area (Å²) in [6.07, 6.45) is 2.26. The first-order valence-electron chi connectivity index (χ1n) is 6.40. The van der Waals surface area contributed by atoms with Crippen molar-refractivity contribution in [3.05, 3.63) is 34.9 Å². The lowest BCUT2D eigenvalue weighted by molar-refractivity contribution is 0.0674. The van der Waals surface area contributed by atoms with Crippen LogP contribution in [0.5, 0.6) is 0 Å². The highest BCUT2D eigenvalue weighted by molar-refractivity contribution is 6.33. The summed E-state index contributed by atoms with van der Waals surface area (Å²) in [5.74, 6) is 0.608. The molecule has 1 amide bonds. The summed E-state index contributed by atoms with van der Waals surface area (Å²) in [4.78, 5) is 14.3. The molecule has 1 atom stereocenters. The second kappa shape index (κ2) is 6.21. The Morgan fingerprint density at radius 3 is 3.00 bits per heavy atom. The molecule has 0 saturated carbocycles. The lowest BCUT2D eigenvalue weighted by Crippen LogP contribution is -2.42. The molecule has 1 aliphatic heterocycles. The average Bonchev–Trinajstić information content (AvgIpc) is 2.39. The zero-order chi connectivity index (χ0) is 13.0. The fourth-order valence-electron chi connectivity index (χ4n) is 2.51. The van der Waals surface area contributed by atoms with Gasteiger partial charge in [-0.25, -0.2) is 0 Å². The number of likely N-dealkylation sites (tertiary alicyclic amines) is 1. The molecule has 2 rings (SSSR count).